The number of ether oxygens (including phenoxy) is 6. The van der Waals surface area contributed by atoms with Gasteiger partial charge in [0.15, 0.2) is 6.29 Å². The maximum absolute atomic E-state index is 14.8. The average Bonchev–Trinajstić information content (AvgIpc) is 3.23. The summed E-state index contributed by atoms with van der Waals surface area (Å²) in [5.41, 5.74) is -1.42. The van der Waals surface area contributed by atoms with Gasteiger partial charge in [-0.15, -0.1) is 0 Å². The van der Waals surface area contributed by atoms with E-state index in [1.54, 1.807) is 47.8 Å². The van der Waals surface area contributed by atoms with Crippen LogP contribution in [0, 0.1) is 29.5 Å². The van der Waals surface area contributed by atoms with Crippen LogP contribution in [0.25, 0.3) is 0 Å². The summed E-state index contributed by atoms with van der Waals surface area (Å²) < 4.78 is 51.9. The molecule has 2 aromatic rings. The van der Waals surface area contributed by atoms with Crippen molar-refractivity contribution in [2.45, 2.75) is 148 Å². The number of carbonyl (C=O) groups is 2. The van der Waals surface area contributed by atoms with Crippen molar-refractivity contribution < 1.29 is 57.7 Å². The quantitative estimate of drug-likeness (QED) is 0.142. The third kappa shape index (κ3) is 11.8. The second-order valence-corrected chi connectivity index (χ2v) is 17.9. The zero-order chi connectivity index (χ0) is 46.3. The molecule has 2 heterocycles. The summed E-state index contributed by atoms with van der Waals surface area (Å²) in [5.74, 6) is -4.97. The van der Waals surface area contributed by atoms with Crippen molar-refractivity contribution in [2.24, 2.45) is 33.9 Å². The Balaban J connectivity index is 1.92. The summed E-state index contributed by atoms with van der Waals surface area (Å²) in [5, 5.41) is 45.3. The van der Waals surface area contributed by atoms with E-state index in [0.29, 0.717) is 23.6 Å². The summed E-state index contributed by atoms with van der Waals surface area (Å²) in [7, 11) is 6.82. The fraction of sp³-hybridized carbons (Fsp3) is 0.660. The van der Waals surface area contributed by atoms with Crippen LogP contribution in [-0.2, 0) is 39.7 Å². The van der Waals surface area contributed by atoms with Gasteiger partial charge in [0.05, 0.1) is 49.1 Å². The largest absolute Gasteiger partial charge is 0.497 e. The Morgan fingerprint density at radius 1 is 1.00 bits per heavy atom. The van der Waals surface area contributed by atoms with Crippen LogP contribution < -0.4 is 4.74 Å². The van der Waals surface area contributed by atoms with E-state index in [1.165, 1.54) is 32.2 Å². The van der Waals surface area contributed by atoms with Crippen LogP contribution >= 0.6 is 0 Å². The lowest BCUT2D eigenvalue weighted by atomic mass is 9.73. The van der Waals surface area contributed by atoms with Gasteiger partial charge in [0.1, 0.15) is 35.5 Å². The number of likely N-dealkylation sites (N-methyl/N-ethyl adjacent to an activating group) is 1. The number of cyclic esters (lactones) is 1. The number of benzene rings is 2. The molecule has 2 aliphatic rings. The van der Waals surface area contributed by atoms with E-state index in [9.17, 15) is 29.3 Å². The Morgan fingerprint density at radius 2 is 1.65 bits per heavy atom. The van der Waals surface area contributed by atoms with Gasteiger partial charge in [-0.1, -0.05) is 45.9 Å². The number of hydrogen-bond donors (Lipinski definition) is 3. The van der Waals surface area contributed by atoms with Crippen LogP contribution in [0.2, 0.25) is 0 Å². The number of methoxy groups -OCH3 is 2. The van der Waals surface area contributed by atoms with E-state index in [-0.39, 0.29) is 30.6 Å². The van der Waals surface area contributed by atoms with Crippen molar-refractivity contribution in [3.8, 4) is 5.75 Å². The van der Waals surface area contributed by atoms with E-state index in [2.05, 4.69) is 5.10 Å². The molecule has 0 aliphatic carbocycles. The van der Waals surface area contributed by atoms with Gasteiger partial charge >= 0.3 is 11.9 Å². The third-order valence-corrected chi connectivity index (χ3v) is 12.9. The first-order chi connectivity index (χ1) is 29.1. The minimum absolute atomic E-state index is 0.106. The molecule has 14 nitrogen and oxygen atoms in total. The summed E-state index contributed by atoms with van der Waals surface area (Å²) in [4.78, 5) is 30.1. The molecule has 0 aromatic heterocycles. The minimum Gasteiger partial charge on any atom is -0.497 e. The summed E-state index contributed by atoms with van der Waals surface area (Å²) in [6.45, 7) is 15.6. The monoisotopic (exact) mass is 871 g/mol. The van der Waals surface area contributed by atoms with Crippen molar-refractivity contribution >= 4 is 23.4 Å². The van der Waals surface area contributed by atoms with Gasteiger partial charge in [-0.3, -0.25) is 9.59 Å². The average molecular weight is 872 g/mol. The lowest BCUT2D eigenvalue weighted by molar-refractivity contribution is -0.301. The molecular weight excluding hydrogens is 802 g/mol. The molecule has 14 atom stereocenters. The number of rotatable bonds is 11. The molecule has 4 unspecified atom stereocenters. The second kappa shape index (κ2) is 21.7. The number of esters is 2. The van der Waals surface area contributed by atoms with Crippen LogP contribution in [0.3, 0.4) is 0 Å². The minimum atomic E-state index is -1.99. The van der Waals surface area contributed by atoms with E-state index < -0.39 is 95.9 Å². The van der Waals surface area contributed by atoms with E-state index in [0.717, 1.165) is 5.56 Å². The lowest BCUT2D eigenvalue weighted by Crippen LogP contribution is -2.60. The first kappa shape index (κ1) is 50.8. The number of aliphatic hydroxyl groups is 3. The van der Waals surface area contributed by atoms with Crippen LogP contribution in [0.15, 0.2) is 58.7 Å². The van der Waals surface area contributed by atoms with Crippen molar-refractivity contribution in [2.75, 3.05) is 28.3 Å². The van der Waals surface area contributed by atoms with Gasteiger partial charge in [0.25, 0.3) is 0 Å². The van der Waals surface area contributed by atoms with Gasteiger partial charge in [-0.05, 0) is 115 Å². The first-order valence-corrected chi connectivity index (χ1v) is 21.6. The highest BCUT2D eigenvalue weighted by Gasteiger charge is 2.52. The fourth-order valence-corrected chi connectivity index (χ4v) is 9.00. The highest BCUT2D eigenvalue weighted by molar-refractivity contribution is 5.99. The predicted octanol–water partition coefficient (Wildman–Crippen LogP) is 5.75. The van der Waals surface area contributed by atoms with E-state index in [1.807, 2.05) is 64.0 Å². The number of halogens is 1. The lowest BCUT2D eigenvalue weighted by Gasteiger charge is -2.48. The molecule has 2 saturated heterocycles. The van der Waals surface area contributed by atoms with Crippen molar-refractivity contribution in [1.82, 2.24) is 4.90 Å². The molecule has 3 N–H and O–H groups in total. The predicted molar refractivity (Wildman–Crippen MR) is 233 cm³/mol. The Bertz CT molecular complexity index is 1860. The molecule has 0 saturated carbocycles. The van der Waals surface area contributed by atoms with E-state index in [4.69, 9.17) is 33.5 Å². The summed E-state index contributed by atoms with van der Waals surface area (Å²) in [6, 6.07) is 12.8. The Morgan fingerprint density at radius 3 is 2.23 bits per heavy atom. The van der Waals surface area contributed by atoms with Gasteiger partial charge in [0.2, 0.25) is 0 Å². The summed E-state index contributed by atoms with van der Waals surface area (Å²) in [6.07, 6.45) is -7.29. The molecule has 0 amide bonds. The molecular formula is C47H70FN3O11. The topological polar surface area (TPSA) is 178 Å². The smallest absolute Gasteiger partial charge is 0.312 e. The van der Waals surface area contributed by atoms with Gasteiger partial charge in [0, 0.05) is 30.7 Å². The molecule has 0 radical (unpaired) electrons. The van der Waals surface area contributed by atoms with Crippen molar-refractivity contribution in [3.63, 3.8) is 0 Å². The van der Waals surface area contributed by atoms with Crippen molar-refractivity contribution in [1.29, 1.82) is 0 Å². The Kier molecular flexibility index (Phi) is 17.8. The molecule has 4 rings (SSSR count). The number of carbonyl (C=O) groups excluding carboxylic acids is 2. The first-order valence-electron chi connectivity index (χ1n) is 21.6. The second-order valence-electron chi connectivity index (χ2n) is 17.9. The van der Waals surface area contributed by atoms with Gasteiger partial charge in [-0.2, -0.15) is 10.2 Å². The highest BCUT2D eigenvalue weighted by atomic mass is 19.1. The zero-order valence-corrected chi connectivity index (χ0v) is 38.7. The SMILES string of the molecule is CC[C@H]1OC(=O)[C@H](C)[C@@H](OC(=O)Cc2ccccc2F)[C@H](C)[C@@H](OC2OC(C)CC(N(C)C)C2O)[C@](C)(OC)C[C@@H](C)/C(=N\N=C(/C)c2ccc(OC)cc2)[C@H](C)[C@@H](O)[C@]1(C)O. The van der Waals surface area contributed by atoms with Crippen molar-refractivity contribution in [3.05, 3.63) is 65.5 Å². The number of aliphatic hydroxyl groups excluding tert-OH is 2. The Hall–Kier alpha value is -3.83. The molecule has 0 spiro atoms. The maximum Gasteiger partial charge on any atom is 0.312 e. The third-order valence-electron chi connectivity index (χ3n) is 12.9. The molecule has 62 heavy (non-hydrogen) atoms. The molecule has 2 aliphatic heterocycles. The fourth-order valence-electron chi connectivity index (χ4n) is 9.00. The molecule has 15 heteroatoms. The van der Waals surface area contributed by atoms with Crippen LogP contribution in [0.5, 0.6) is 5.75 Å². The number of hydrogen-bond acceptors (Lipinski definition) is 14. The normalized spacial score (nSPS) is 36.2. The van der Waals surface area contributed by atoms with Crippen LogP contribution in [0.4, 0.5) is 4.39 Å². The van der Waals surface area contributed by atoms with Crippen LogP contribution in [-0.4, -0.2) is 132 Å². The molecule has 2 aromatic carbocycles. The van der Waals surface area contributed by atoms with Gasteiger partial charge in [-0.25, -0.2) is 4.39 Å². The van der Waals surface area contributed by atoms with Crippen LogP contribution in [0.1, 0.15) is 92.7 Å². The van der Waals surface area contributed by atoms with Gasteiger partial charge < -0.3 is 48.6 Å². The van der Waals surface area contributed by atoms with E-state index >= 15 is 0 Å². The molecule has 2 fully saturated rings. The molecule has 0 bridgehead atoms. The number of nitrogens with zero attached hydrogens (tertiary/aromatic N) is 3. The highest BCUT2D eigenvalue weighted by Crippen LogP contribution is 2.40. The zero-order valence-electron chi connectivity index (χ0n) is 38.7. The molecule has 346 valence electrons. The Labute approximate surface area is 366 Å². The maximum atomic E-state index is 14.8. The summed E-state index contributed by atoms with van der Waals surface area (Å²) >= 11 is 0. The standard InChI is InChI=1S/C47H70FN3O11/c1-14-37-47(9,56)42(54)28(4)39(50-49-31(7)32-19-21-34(57-12)22-20-32)26(2)25-46(8,58-13)43(62-45-40(53)36(51(10)11)23-27(3)59-45)29(5)41(30(6)44(55)60-37)61-38(52)24-33-17-15-16-18-35(33)48/h15-22,26-30,36-37,40-43,45,53-54,56H,14,23-25H2,1-13H3/b49-31+,50-39+/t26-,27?,28+,29+,30-,36?,37-,40?,41+,42-,43-,45?,46-,47-/m1/s1.